The first-order valence-corrected chi connectivity index (χ1v) is 9.57. The van der Waals surface area contributed by atoms with E-state index in [4.69, 9.17) is 4.74 Å². The van der Waals surface area contributed by atoms with Crippen molar-refractivity contribution in [3.63, 3.8) is 0 Å². The van der Waals surface area contributed by atoms with Gasteiger partial charge in [-0.1, -0.05) is 13.0 Å². The molecule has 0 spiro atoms. The van der Waals surface area contributed by atoms with Crippen LogP contribution in [0.4, 0.5) is 10.8 Å². The van der Waals surface area contributed by atoms with Gasteiger partial charge in [0.05, 0.1) is 23.5 Å². The molecular formula is C16H19N3O4S2. The lowest BCUT2D eigenvalue weighted by molar-refractivity contribution is -0.385. The van der Waals surface area contributed by atoms with E-state index in [0.717, 1.165) is 22.6 Å². The molecule has 0 fully saturated rings. The molecule has 0 saturated carbocycles. The Kier molecular flexibility index (Phi) is 6.77. The highest BCUT2D eigenvalue weighted by Crippen LogP contribution is 2.29. The first-order valence-electron chi connectivity index (χ1n) is 7.59. The molecule has 0 aliphatic rings. The lowest BCUT2D eigenvalue weighted by Gasteiger charge is -2.05. The third-order valence-corrected chi connectivity index (χ3v) is 5.35. The molecule has 1 aromatic carbocycles. The Morgan fingerprint density at radius 3 is 2.84 bits per heavy atom. The molecule has 1 amide bonds. The van der Waals surface area contributed by atoms with Crippen LogP contribution in [0.15, 0.2) is 18.2 Å². The van der Waals surface area contributed by atoms with Gasteiger partial charge in [-0.25, -0.2) is 4.98 Å². The summed E-state index contributed by atoms with van der Waals surface area (Å²) in [6, 6.07) is 4.80. The summed E-state index contributed by atoms with van der Waals surface area (Å²) in [6.07, 6.45) is 0.837. The van der Waals surface area contributed by atoms with Crippen molar-refractivity contribution in [1.82, 2.24) is 4.98 Å². The number of nitrogens with zero attached hydrogens (tertiary/aromatic N) is 2. The van der Waals surface area contributed by atoms with Crippen LogP contribution in [0.3, 0.4) is 0 Å². The van der Waals surface area contributed by atoms with E-state index in [0.29, 0.717) is 10.9 Å². The van der Waals surface area contributed by atoms with E-state index in [2.05, 4.69) is 10.3 Å². The van der Waals surface area contributed by atoms with Crippen LogP contribution >= 0.6 is 23.1 Å². The monoisotopic (exact) mass is 381 g/mol. The summed E-state index contributed by atoms with van der Waals surface area (Å²) < 4.78 is 4.97. The van der Waals surface area contributed by atoms with Gasteiger partial charge in [0, 0.05) is 16.7 Å². The number of carbonyl (C=O) groups is 1. The molecular weight excluding hydrogens is 362 g/mol. The highest BCUT2D eigenvalue weighted by molar-refractivity contribution is 7.99. The zero-order valence-corrected chi connectivity index (χ0v) is 15.8. The van der Waals surface area contributed by atoms with Crippen molar-refractivity contribution in [1.29, 1.82) is 0 Å². The van der Waals surface area contributed by atoms with Gasteiger partial charge in [0.15, 0.2) is 10.9 Å². The molecule has 7 nitrogen and oxygen atoms in total. The fourth-order valence-corrected chi connectivity index (χ4v) is 3.89. The number of carbonyl (C=O) groups excluding carboxylic acids is 1. The molecule has 0 aliphatic carbocycles. The number of benzene rings is 1. The van der Waals surface area contributed by atoms with E-state index in [9.17, 15) is 14.9 Å². The Labute approximate surface area is 154 Å². The molecule has 25 heavy (non-hydrogen) atoms. The standard InChI is InChI=1S/C16H19N3O4S2/c1-4-12-10(2)25-16(17-12)18-15(20)9-24-8-11-5-6-14(23-3)13(7-11)19(21)22/h5-7H,4,8-9H2,1-3H3,(H,17,18,20). The second-order valence-corrected chi connectivity index (χ2v) is 7.37. The number of aryl methyl sites for hydroxylation is 2. The van der Waals surface area contributed by atoms with E-state index in [1.54, 1.807) is 12.1 Å². The number of aromatic nitrogens is 1. The number of amides is 1. The third-order valence-electron chi connectivity index (χ3n) is 3.42. The van der Waals surface area contributed by atoms with Crippen LogP contribution in [0, 0.1) is 17.0 Å². The summed E-state index contributed by atoms with van der Waals surface area (Å²) in [5, 5.41) is 14.4. The van der Waals surface area contributed by atoms with Crippen LogP contribution in [0.5, 0.6) is 5.75 Å². The molecule has 0 atom stereocenters. The number of ether oxygens (including phenoxy) is 1. The van der Waals surface area contributed by atoms with E-state index in [1.807, 2.05) is 13.8 Å². The van der Waals surface area contributed by atoms with Gasteiger partial charge in [0.2, 0.25) is 5.91 Å². The number of nitro benzene ring substituents is 1. The average molecular weight is 381 g/mol. The number of hydrogen-bond donors (Lipinski definition) is 1. The maximum Gasteiger partial charge on any atom is 0.311 e. The van der Waals surface area contributed by atoms with Crippen LogP contribution in [0.1, 0.15) is 23.1 Å². The topological polar surface area (TPSA) is 94.4 Å². The number of thioether (sulfide) groups is 1. The second-order valence-electron chi connectivity index (χ2n) is 5.18. The third kappa shape index (κ3) is 5.17. The average Bonchev–Trinajstić information content (AvgIpc) is 2.93. The first kappa shape index (κ1) is 19.2. The highest BCUT2D eigenvalue weighted by Gasteiger charge is 2.15. The largest absolute Gasteiger partial charge is 0.490 e. The number of nitrogens with one attached hydrogen (secondary N) is 1. The van der Waals surface area contributed by atoms with Gasteiger partial charge >= 0.3 is 5.69 Å². The second kappa shape index (κ2) is 8.82. The lowest BCUT2D eigenvalue weighted by atomic mass is 10.2. The molecule has 2 rings (SSSR count). The van der Waals surface area contributed by atoms with Gasteiger partial charge in [-0.05, 0) is 25.0 Å². The minimum atomic E-state index is -0.476. The van der Waals surface area contributed by atoms with Crippen molar-refractivity contribution in [2.24, 2.45) is 0 Å². The van der Waals surface area contributed by atoms with E-state index in [-0.39, 0.29) is 23.1 Å². The van der Waals surface area contributed by atoms with Crippen molar-refractivity contribution in [3.05, 3.63) is 44.4 Å². The zero-order chi connectivity index (χ0) is 18.4. The molecule has 0 bridgehead atoms. The van der Waals surface area contributed by atoms with E-state index < -0.39 is 4.92 Å². The molecule has 2 aromatic rings. The van der Waals surface area contributed by atoms with Crippen molar-refractivity contribution >= 4 is 39.8 Å². The van der Waals surface area contributed by atoms with Crippen molar-refractivity contribution in [2.75, 3.05) is 18.2 Å². The molecule has 0 aliphatic heterocycles. The molecule has 0 unspecified atom stereocenters. The Morgan fingerprint density at radius 2 is 2.24 bits per heavy atom. The SMILES string of the molecule is CCc1nc(NC(=O)CSCc2ccc(OC)c([N+](=O)[O-])c2)sc1C. The molecule has 1 N–H and O–H groups in total. The Balaban J connectivity index is 1.88. The summed E-state index contributed by atoms with van der Waals surface area (Å²) in [7, 11) is 1.39. The van der Waals surface area contributed by atoms with Crippen LogP contribution < -0.4 is 10.1 Å². The number of anilines is 1. The van der Waals surface area contributed by atoms with Crippen LogP contribution in [0.2, 0.25) is 0 Å². The quantitative estimate of drug-likeness (QED) is 0.552. The smallest absolute Gasteiger partial charge is 0.311 e. The van der Waals surface area contributed by atoms with Crippen molar-refractivity contribution in [3.8, 4) is 5.75 Å². The molecule has 9 heteroatoms. The number of hydrogen-bond acceptors (Lipinski definition) is 7. The first-order chi connectivity index (χ1) is 11.9. The van der Waals surface area contributed by atoms with Crippen LogP contribution in [-0.4, -0.2) is 28.7 Å². The van der Waals surface area contributed by atoms with Gasteiger partial charge in [-0.15, -0.1) is 23.1 Å². The fourth-order valence-electron chi connectivity index (χ4n) is 2.19. The minimum Gasteiger partial charge on any atom is -0.490 e. The van der Waals surface area contributed by atoms with Gasteiger partial charge < -0.3 is 10.1 Å². The van der Waals surface area contributed by atoms with Crippen LogP contribution in [-0.2, 0) is 17.0 Å². The maximum absolute atomic E-state index is 12.0. The number of methoxy groups -OCH3 is 1. The molecule has 134 valence electrons. The summed E-state index contributed by atoms with van der Waals surface area (Å²) in [6.45, 7) is 4.01. The molecule has 0 radical (unpaired) electrons. The number of nitro groups is 1. The van der Waals surface area contributed by atoms with Crippen molar-refractivity contribution in [2.45, 2.75) is 26.0 Å². The molecule has 1 aromatic heterocycles. The predicted molar refractivity (Wildman–Crippen MR) is 101 cm³/mol. The molecule has 1 heterocycles. The van der Waals surface area contributed by atoms with Gasteiger partial charge in [0.25, 0.3) is 0 Å². The Hall–Kier alpha value is -2.13. The van der Waals surface area contributed by atoms with Gasteiger partial charge in [-0.2, -0.15) is 0 Å². The Bertz CT molecular complexity index is 777. The van der Waals surface area contributed by atoms with Crippen LogP contribution in [0.25, 0.3) is 0 Å². The highest BCUT2D eigenvalue weighted by atomic mass is 32.2. The lowest BCUT2D eigenvalue weighted by Crippen LogP contribution is -2.14. The predicted octanol–water partition coefficient (Wildman–Crippen LogP) is 3.80. The zero-order valence-electron chi connectivity index (χ0n) is 14.2. The fraction of sp³-hybridized carbons (Fsp3) is 0.375. The summed E-state index contributed by atoms with van der Waals surface area (Å²) >= 11 is 2.85. The van der Waals surface area contributed by atoms with Gasteiger partial charge in [-0.3, -0.25) is 14.9 Å². The number of rotatable bonds is 8. The van der Waals surface area contributed by atoms with E-state index in [1.165, 1.54) is 36.3 Å². The summed E-state index contributed by atoms with van der Waals surface area (Å²) in [5.41, 5.74) is 1.69. The minimum absolute atomic E-state index is 0.0737. The Morgan fingerprint density at radius 1 is 1.48 bits per heavy atom. The van der Waals surface area contributed by atoms with E-state index >= 15 is 0 Å². The normalized spacial score (nSPS) is 10.5. The van der Waals surface area contributed by atoms with Gasteiger partial charge in [0.1, 0.15) is 0 Å². The number of thiazole rings is 1. The molecule has 0 saturated heterocycles. The van der Waals surface area contributed by atoms with Crippen molar-refractivity contribution < 1.29 is 14.5 Å². The maximum atomic E-state index is 12.0. The summed E-state index contributed by atoms with van der Waals surface area (Å²) in [4.78, 5) is 28.0. The summed E-state index contributed by atoms with van der Waals surface area (Å²) in [5.74, 6) is 0.835.